The van der Waals surface area contributed by atoms with Crippen LogP contribution < -0.4 is 136 Å². The van der Waals surface area contributed by atoms with Crippen LogP contribution in [0.2, 0.25) is 15.5 Å². The topological polar surface area (TPSA) is 235 Å². The number of ether oxygens (including phenoxy) is 2. The Morgan fingerprint density at radius 3 is 1.54 bits per heavy atom. The number of nitrogens with zero attached hydrogens (tertiary/aromatic N) is 6. The van der Waals surface area contributed by atoms with Crippen molar-refractivity contribution >= 4 is 194 Å². The fourth-order valence-corrected chi connectivity index (χ4v) is 8.76. The van der Waals surface area contributed by atoms with E-state index in [4.69, 9.17) is 81.4 Å². The molecule has 4 fully saturated rings. The van der Waals surface area contributed by atoms with E-state index in [2.05, 4.69) is 91.7 Å². The number of aliphatic carboxylic acids is 1. The SMILES string of the molecule is CC(=O)O.CC(C)(C)OC(=O)N1[C@@H]2CC[C@H]1CC(N)C2.CC(C)(C)OC(=O)N1[C@@H]2CC[C@H]1CC(Nc1nc(Cl)cc3ncccc13)C2.Clc1cc2ncccc2c(Cl)n1.O=CO[O-].[B]I.[B]I(I)I.[B][I-]I.[H-].[K+].[K+]. The summed E-state index contributed by atoms with van der Waals surface area (Å²) in [4.78, 5) is 65.6. The van der Waals surface area contributed by atoms with Gasteiger partial charge in [-0.25, -0.2) is 19.6 Å². The summed E-state index contributed by atoms with van der Waals surface area (Å²) in [5, 5.41) is 22.4. The molecule has 0 saturated carbocycles. The van der Waals surface area contributed by atoms with Crippen molar-refractivity contribution in [3.05, 3.63) is 64.3 Å². The molecule has 4 bridgehead atoms. The largest absolute Gasteiger partial charge is 1.00 e. The number of rotatable bonds is 3. The average Bonchev–Trinajstić information content (AvgIpc) is 3.72. The minimum absolute atomic E-state index is 0. The molecule has 6 radical (unpaired) electrons. The van der Waals surface area contributed by atoms with E-state index in [1.807, 2.05) is 75.6 Å². The Morgan fingerprint density at radius 1 is 0.838 bits per heavy atom. The number of anilines is 1. The molecule has 0 aromatic carbocycles. The van der Waals surface area contributed by atoms with Crippen molar-refractivity contribution in [1.29, 1.82) is 0 Å². The van der Waals surface area contributed by atoms with E-state index in [9.17, 15) is 9.59 Å². The molecule has 4 aliphatic heterocycles. The molecular formula is C43H57B3Cl3I6K2N8O9-. The molecule has 4 aromatic rings. The first kappa shape index (κ1) is 79.1. The summed E-state index contributed by atoms with van der Waals surface area (Å²) >= 11 is 25.3. The number of carbonyl (C=O) groups excluding carboxylic acids is 3. The molecule has 74 heavy (non-hydrogen) atoms. The molecule has 0 spiro atoms. The molecule has 17 nitrogen and oxygen atoms in total. The summed E-state index contributed by atoms with van der Waals surface area (Å²) in [5.74, 6) is -0.0688. The van der Waals surface area contributed by atoms with Crippen LogP contribution >= 0.6 is 125 Å². The quantitative estimate of drug-likeness (QED) is 0.0668. The summed E-state index contributed by atoms with van der Waals surface area (Å²) in [6.45, 7) is 12.3. The van der Waals surface area contributed by atoms with E-state index >= 15 is 0 Å². The zero-order chi connectivity index (χ0) is 54.9. The average molecular weight is 1810 g/mol. The molecule has 31 heteroatoms. The molecule has 8 heterocycles. The summed E-state index contributed by atoms with van der Waals surface area (Å²) in [6.07, 6.45) is 10.9. The van der Waals surface area contributed by atoms with Crippen molar-refractivity contribution in [2.75, 3.05) is 5.32 Å². The van der Waals surface area contributed by atoms with Crippen LogP contribution in [0.4, 0.5) is 15.4 Å². The Bertz CT molecular complexity index is 2290. The molecule has 398 valence electrons. The molecule has 4 aliphatic rings. The van der Waals surface area contributed by atoms with Gasteiger partial charge in [0.15, 0.2) is 5.70 Å². The number of fused-ring (bicyclic) bond motifs is 6. The van der Waals surface area contributed by atoms with Crippen molar-refractivity contribution < 1.29 is 165 Å². The Kier molecular flexibility index (Phi) is 44.8. The number of nitrogens with two attached hydrogens (primary N) is 1. The van der Waals surface area contributed by atoms with Crippen LogP contribution in [0.15, 0.2) is 48.8 Å². The van der Waals surface area contributed by atoms with E-state index in [1.54, 1.807) is 46.9 Å². The van der Waals surface area contributed by atoms with E-state index in [0.717, 1.165) is 85.9 Å². The fourth-order valence-electron chi connectivity index (χ4n) is 8.09. The van der Waals surface area contributed by atoms with E-state index < -0.39 is 28.8 Å². The Hall–Kier alpha value is 3.04. The number of hydrogen-bond donors (Lipinski definition) is 3. The molecule has 4 saturated heterocycles. The molecule has 4 aromatic heterocycles. The van der Waals surface area contributed by atoms with Crippen molar-refractivity contribution in [2.24, 2.45) is 5.73 Å². The third kappa shape index (κ3) is 31.6. The maximum absolute atomic E-state index is 12.6. The Morgan fingerprint density at radius 2 is 1.18 bits per heavy atom. The van der Waals surface area contributed by atoms with E-state index in [0.29, 0.717) is 27.5 Å². The summed E-state index contributed by atoms with van der Waals surface area (Å²) in [5.41, 5.74) is 21.3. The van der Waals surface area contributed by atoms with Gasteiger partial charge in [-0.3, -0.25) is 19.6 Å². The van der Waals surface area contributed by atoms with Crippen molar-refractivity contribution in [2.45, 2.75) is 147 Å². The van der Waals surface area contributed by atoms with Crippen molar-refractivity contribution in [3.63, 3.8) is 0 Å². The monoisotopic (exact) mass is 1810 g/mol. The van der Waals surface area contributed by atoms with Gasteiger partial charge >= 0.3 is 211 Å². The van der Waals surface area contributed by atoms with Crippen LogP contribution in [-0.2, 0) is 24.0 Å². The van der Waals surface area contributed by atoms with Crippen LogP contribution in [0.25, 0.3) is 21.8 Å². The number of hydrogen-bond acceptors (Lipinski definition) is 14. The molecule has 4 N–H and O–H groups in total. The standard InChI is InChI=1S/C20H25ClN4O2.C12H22N2O2.C8H4Cl2N2.C2H4O2.CH2O3.BI3.BI2.BI.2K.H/c1-20(2,3)27-19(26)25-13-6-7-14(25)10-12(9-13)23-18-15-5-4-8-22-16(15)11-17(21)24-18;1-12(2,3)16-11(15)14-9-4-5-10(14)7-8(13)6-9;9-7-4-6-5(8(10)12-7)2-1-3-11-6;1-2(3)4;2-1-4-3;1-4(2)3;1-3-2;1-2;;;/h4-5,8,11-14H,6-7,9-10H2,1-3H3,(H,23,24);8-10H,4-7,13H2,1-3H3;1-4H;1H3,(H,3,4);1,3H;;;;;;/q;;;;;;-1;;2*+1;-1/p-1/t12?,13-,14+;8?,9-,10+;;;;;;;;;. The third-order valence-electron chi connectivity index (χ3n) is 10.2. The van der Waals surface area contributed by atoms with Crippen molar-refractivity contribution in [3.8, 4) is 0 Å². The number of pyridine rings is 4. The van der Waals surface area contributed by atoms with Crippen LogP contribution in [0.1, 0.15) is 101 Å². The minimum Gasteiger partial charge on any atom is -1.00 e. The van der Waals surface area contributed by atoms with E-state index in [-0.39, 0.29) is 164 Å². The summed E-state index contributed by atoms with van der Waals surface area (Å²) in [6, 6.07) is 12.6. The zero-order valence-corrected chi connectivity index (χ0v) is 63.9. The number of piperidine rings is 2. The number of aromatic nitrogens is 4. The fraction of sp³-hybridized carbons (Fsp3) is 0.535. The number of halogens is 9. The van der Waals surface area contributed by atoms with Crippen LogP contribution in [0.3, 0.4) is 0 Å². The first-order chi connectivity index (χ1) is 33.7. The maximum atomic E-state index is 12.6. The second-order valence-corrected chi connectivity index (χ2v) is 46.0. The number of carboxylic acids is 1. The van der Waals surface area contributed by atoms with Gasteiger partial charge in [-0.05, 0) is 117 Å². The minimum atomic E-state index is -0.833. The Labute approximate surface area is 599 Å². The van der Waals surface area contributed by atoms with E-state index in [1.165, 1.54) is 0 Å². The second-order valence-electron chi connectivity index (χ2n) is 17.8. The van der Waals surface area contributed by atoms with Crippen LogP contribution in [0, 0.1) is 0 Å². The number of amides is 2. The smallest absolute Gasteiger partial charge is 1.00 e. The van der Waals surface area contributed by atoms with Gasteiger partial charge in [-0.2, -0.15) is 22.4 Å². The van der Waals surface area contributed by atoms with Gasteiger partial charge in [0.1, 0.15) is 32.5 Å². The normalized spacial score (nSPS) is 19.7. The number of nitrogens with one attached hydrogen (secondary N) is 1. The molecular weight excluding hydrogens is 1750 g/mol. The predicted molar refractivity (Wildman–Crippen MR) is 327 cm³/mol. The van der Waals surface area contributed by atoms with Gasteiger partial charge < -0.3 is 47.0 Å². The predicted octanol–water partition coefficient (Wildman–Crippen LogP) is 2.37. The summed E-state index contributed by atoms with van der Waals surface area (Å²) in [7, 11) is 0. The van der Waals surface area contributed by atoms with Crippen LogP contribution in [0.5, 0.6) is 0 Å². The number of carboxylic acid groups (broad SMARTS) is 1. The first-order valence-electron chi connectivity index (χ1n) is 21.6. The van der Waals surface area contributed by atoms with Gasteiger partial charge in [0.25, 0.3) is 12.4 Å². The van der Waals surface area contributed by atoms with Gasteiger partial charge in [0.05, 0.1) is 11.0 Å². The maximum Gasteiger partial charge on any atom is 1.00 e. The molecule has 2 unspecified atom stereocenters. The summed E-state index contributed by atoms with van der Waals surface area (Å²) < 4.78 is 11.1. The van der Waals surface area contributed by atoms with Gasteiger partial charge in [-0.15, -0.1) is 0 Å². The molecule has 2 amide bonds. The van der Waals surface area contributed by atoms with Gasteiger partial charge in [0, 0.05) is 78.5 Å². The first-order valence-corrected chi connectivity index (χ1v) is 45.3. The Balaban J connectivity index is -0.000000927. The van der Waals surface area contributed by atoms with Gasteiger partial charge in [0.2, 0.25) is 0 Å². The zero-order valence-electron chi connectivity index (χ0n) is 43.4. The number of carbonyl (C=O) groups is 4. The molecule has 6 atom stereocenters. The molecule has 8 rings (SSSR count). The van der Waals surface area contributed by atoms with Crippen molar-refractivity contribution in [1.82, 2.24) is 29.7 Å². The second kappa shape index (κ2) is 41.9. The van der Waals surface area contributed by atoms with Crippen LogP contribution in [-0.4, -0.2) is 124 Å². The third-order valence-corrected chi connectivity index (χ3v) is 10.9. The van der Waals surface area contributed by atoms with Gasteiger partial charge in [-0.1, -0.05) is 34.8 Å². The molecule has 0 aliphatic carbocycles.